The van der Waals surface area contributed by atoms with Gasteiger partial charge in [-0.05, 0) is 34.1 Å². The molecule has 202 valence electrons. The normalized spacial score (nSPS) is 15.4. The minimum Gasteiger partial charge on any atom is -0.506 e. The molecule has 1 aliphatic heterocycles. The van der Waals surface area contributed by atoms with Crippen molar-refractivity contribution in [3.63, 3.8) is 0 Å². The molecule has 38 heavy (non-hydrogen) atoms. The Morgan fingerprint density at radius 1 is 1.29 bits per heavy atom. The van der Waals surface area contributed by atoms with Crippen molar-refractivity contribution in [2.75, 3.05) is 25.0 Å². The van der Waals surface area contributed by atoms with Gasteiger partial charge in [0.05, 0.1) is 41.5 Å². The minimum absolute atomic E-state index is 0.00397. The van der Waals surface area contributed by atoms with Crippen LogP contribution in [0.3, 0.4) is 0 Å². The summed E-state index contributed by atoms with van der Waals surface area (Å²) in [6.07, 6.45) is -1.77. The average molecular weight is 616 g/mol. The van der Waals surface area contributed by atoms with E-state index in [0.29, 0.717) is 0 Å². The summed E-state index contributed by atoms with van der Waals surface area (Å²) in [5, 5.41) is 41.2. The van der Waals surface area contributed by atoms with E-state index in [2.05, 4.69) is 42.2 Å². The van der Waals surface area contributed by atoms with Crippen LogP contribution in [-0.2, 0) is 9.59 Å². The van der Waals surface area contributed by atoms with Crippen LogP contribution in [0.2, 0.25) is 5.02 Å². The van der Waals surface area contributed by atoms with E-state index in [1.807, 2.05) is 0 Å². The van der Waals surface area contributed by atoms with Gasteiger partial charge in [-0.2, -0.15) is 0 Å². The Hall–Kier alpha value is -3.98. The molecule has 0 saturated carbocycles. The summed E-state index contributed by atoms with van der Waals surface area (Å²) in [6.45, 7) is -0.718. The maximum Gasteiger partial charge on any atom is 0.305 e. The third kappa shape index (κ3) is 7.76. The van der Waals surface area contributed by atoms with Crippen LogP contribution in [0.1, 0.15) is 28.4 Å². The fourth-order valence-corrected chi connectivity index (χ4v) is 4.27. The van der Waals surface area contributed by atoms with Gasteiger partial charge in [0.2, 0.25) is 5.91 Å². The molecule has 0 saturated heterocycles. The van der Waals surface area contributed by atoms with Crippen LogP contribution in [-0.4, -0.2) is 64.7 Å². The Kier molecular flexibility index (Phi) is 9.41. The number of halogens is 3. The van der Waals surface area contributed by atoms with Crippen LogP contribution in [0.5, 0.6) is 5.75 Å². The Bertz CT molecular complexity index is 1310. The highest BCUT2D eigenvalue weighted by Crippen LogP contribution is 2.36. The molecule has 16 heteroatoms. The molecule has 3 rings (SSSR count). The number of nitro groups is 1. The third-order valence-electron chi connectivity index (χ3n) is 5.15. The van der Waals surface area contributed by atoms with Gasteiger partial charge < -0.3 is 31.5 Å². The standard InChI is InChI=1S/C22H21BrClFN6O7/c23-16-4-11(24)3-15(20(16)35)17(6-19(33)34)30-18(32)9-26-21(36)10-1-13(5-14(2-10)31(37)38)29-22-27-7-12(25)8-28-22/h1-5,12,17,35H,6-9H2,(H,26,36)(H,30,32)(H,33,34)(H2,27,28,29)/t17-/m1/s1. The summed E-state index contributed by atoms with van der Waals surface area (Å²) in [4.78, 5) is 51.1. The molecule has 1 unspecified atom stereocenters. The first-order chi connectivity index (χ1) is 17.9. The second kappa shape index (κ2) is 12.5. The van der Waals surface area contributed by atoms with Gasteiger partial charge in [-0.3, -0.25) is 24.5 Å². The Balaban J connectivity index is 1.72. The van der Waals surface area contributed by atoms with Crippen LogP contribution in [0.25, 0.3) is 0 Å². The zero-order valence-electron chi connectivity index (χ0n) is 19.3. The van der Waals surface area contributed by atoms with Crippen LogP contribution >= 0.6 is 27.5 Å². The average Bonchev–Trinajstić information content (AvgIpc) is 2.85. The van der Waals surface area contributed by atoms with Gasteiger partial charge in [0.15, 0.2) is 5.96 Å². The molecule has 0 aliphatic carbocycles. The number of carbonyl (C=O) groups excluding carboxylic acids is 2. The molecule has 1 heterocycles. The zero-order valence-corrected chi connectivity index (χ0v) is 21.7. The number of phenolic OH excluding ortho intramolecular Hbond substituents is 1. The third-order valence-corrected chi connectivity index (χ3v) is 5.97. The molecular formula is C22H21BrClFN6O7. The molecule has 0 radical (unpaired) electrons. The number of guanidine groups is 1. The number of nitro benzene ring substituents is 1. The molecule has 1 aliphatic rings. The number of amides is 2. The van der Waals surface area contributed by atoms with Crippen molar-refractivity contribution >= 4 is 62.6 Å². The summed E-state index contributed by atoms with van der Waals surface area (Å²) in [6, 6.07) is 4.93. The van der Waals surface area contributed by atoms with Crippen molar-refractivity contribution in [1.82, 2.24) is 16.0 Å². The van der Waals surface area contributed by atoms with Crippen LogP contribution in [0, 0.1) is 10.1 Å². The number of aliphatic carboxylic acids is 1. The molecule has 0 fully saturated rings. The van der Waals surface area contributed by atoms with E-state index in [1.165, 1.54) is 18.2 Å². The molecule has 6 N–H and O–H groups in total. The van der Waals surface area contributed by atoms with Crippen LogP contribution in [0.4, 0.5) is 15.8 Å². The monoisotopic (exact) mass is 614 g/mol. The maximum absolute atomic E-state index is 13.3. The molecule has 0 spiro atoms. The van der Waals surface area contributed by atoms with Gasteiger partial charge in [-0.15, -0.1) is 0 Å². The number of hydrogen-bond acceptors (Lipinski definition) is 9. The van der Waals surface area contributed by atoms with Crippen molar-refractivity contribution in [2.45, 2.75) is 18.6 Å². The molecule has 0 bridgehead atoms. The lowest BCUT2D eigenvalue weighted by Crippen LogP contribution is -2.41. The summed E-state index contributed by atoms with van der Waals surface area (Å²) in [7, 11) is 0. The smallest absolute Gasteiger partial charge is 0.305 e. The first-order valence-electron chi connectivity index (χ1n) is 10.9. The number of non-ortho nitro benzene ring substituents is 1. The molecule has 0 aromatic heterocycles. The Morgan fingerprint density at radius 3 is 2.66 bits per heavy atom. The van der Waals surface area contributed by atoms with Gasteiger partial charge in [0.1, 0.15) is 11.9 Å². The number of anilines is 1. The van der Waals surface area contributed by atoms with E-state index < -0.39 is 53.6 Å². The van der Waals surface area contributed by atoms with Gasteiger partial charge in [0, 0.05) is 34.0 Å². The van der Waals surface area contributed by atoms with E-state index in [4.69, 9.17) is 11.6 Å². The number of nitrogens with one attached hydrogen (secondary N) is 4. The number of carboxylic acid groups (broad SMARTS) is 1. The second-order valence-electron chi connectivity index (χ2n) is 8.04. The predicted molar refractivity (Wildman–Crippen MR) is 138 cm³/mol. The number of nitrogens with zero attached hydrogens (tertiary/aromatic N) is 2. The number of hydrogen-bond donors (Lipinski definition) is 6. The topological polar surface area (TPSA) is 195 Å². The summed E-state index contributed by atoms with van der Waals surface area (Å²) < 4.78 is 13.4. The highest BCUT2D eigenvalue weighted by Gasteiger charge is 2.24. The fourth-order valence-electron chi connectivity index (χ4n) is 3.43. The molecule has 13 nitrogen and oxygen atoms in total. The first-order valence-corrected chi connectivity index (χ1v) is 12.1. The summed E-state index contributed by atoms with van der Waals surface area (Å²) in [5.74, 6) is -3.06. The van der Waals surface area contributed by atoms with Gasteiger partial charge in [-0.25, -0.2) is 9.38 Å². The predicted octanol–water partition coefficient (Wildman–Crippen LogP) is 2.49. The van der Waals surface area contributed by atoms with Gasteiger partial charge in [0.25, 0.3) is 11.6 Å². The second-order valence-corrected chi connectivity index (χ2v) is 9.34. The largest absolute Gasteiger partial charge is 0.506 e. The highest BCUT2D eigenvalue weighted by atomic mass is 79.9. The SMILES string of the molecule is O=C(O)C[C@@H](NC(=O)CNC(=O)c1cc(NC2=NCC(F)CN2)cc([N+](=O)[O-])c1)c1cc(Cl)cc(Br)c1O. The number of aromatic hydroxyl groups is 1. The lowest BCUT2D eigenvalue weighted by molar-refractivity contribution is -0.384. The number of rotatable bonds is 9. The molecule has 2 aromatic rings. The lowest BCUT2D eigenvalue weighted by atomic mass is 10.0. The van der Waals surface area contributed by atoms with Crippen molar-refractivity contribution in [3.8, 4) is 5.75 Å². The maximum atomic E-state index is 13.3. The van der Waals surface area contributed by atoms with E-state index in [9.17, 15) is 39.1 Å². The number of carbonyl (C=O) groups is 3. The summed E-state index contributed by atoms with van der Waals surface area (Å²) >= 11 is 9.08. The van der Waals surface area contributed by atoms with Crippen molar-refractivity contribution in [2.24, 2.45) is 4.99 Å². The van der Waals surface area contributed by atoms with Crippen molar-refractivity contribution < 1.29 is 33.9 Å². The van der Waals surface area contributed by atoms with E-state index >= 15 is 0 Å². The Morgan fingerprint density at radius 2 is 2.03 bits per heavy atom. The number of aliphatic imine (C=N–C) groups is 1. The van der Waals surface area contributed by atoms with Crippen molar-refractivity contribution in [3.05, 3.63) is 61.1 Å². The Labute approximate surface area is 227 Å². The van der Waals surface area contributed by atoms with Gasteiger partial charge >= 0.3 is 5.97 Å². The number of phenols is 1. The van der Waals surface area contributed by atoms with Crippen LogP contribution in [0.15, 0.2) is 39.8 Å². The number of carboxylic acids is 1. The fraction of sp³-hybridized carbons (Fsp3) is 0.273. The zero-order chi connectivity index (χ0) is 28.0. The molecule has 2 aromatic carbocycles. The first kappa shape index (κ1) is 28.6. The molecule has 2 atom stereocenters. The molecular weight excluding hydrogens is 595 g/mol. The summed E-state index contributed by atoms with van der Waals surface area (Å²) in [5.41, 5.74) is -0.416. The van der Waals surface area contributed by atoms with E-state index in [-0.39, 0.29) is 51.1 Å². The quantitative estimate of drug-likeness (QED) is 0.181. The van der Waals surface area contributed by atoms with Crippen LogP contribution < -0.4 is 21.3 Å². The van der Waals surface area contributed by atoms with E-state index in [0.717, 1.165) is 12.1 Å². The number of alkyl halides is 1. The lowest BCUT2D eigenvalue weighted by Gasteiger charge is -2.20. The highest BCUT2D eigenvalue weighted by molar-refractivity contribution is 9.10. The molecule has 2 amide bonds. The van der Waals surface area contributed by atoms with E-state index in [1.54, 1.807) is 0 Å². The van der Waals surface area contributed by atoms with Gasteiger partial charge in [-0.1, -0.05) is 11.6 Å². The van der Waals surface area contributed by atoms with Crippen molar-refractivity contribution in [1.29, 1.82) is 0 Å². The number of benzene rings is 2. The minimum atomic E-state index is -1.27.